The third-order valence-corrected chi connectivity index (χ3v) is 5.91. The molecule has 134 valence electrons. The smallest absolute Gasteiger partial charge is 0.193 e. The number of hydrogen-bond acceptors (Lipinski definition) is 3. The number of halogens is 1. The number of rotatable bonds is 5. The van der Waals surface area contributed by atoms with Gasteiger partial charge in [0.2, 0.25) is 0 Å². The average molecular weight is 378 g/mol. The third-order valence-electron chi connectivity index (χ3n) is 4.30. The Balaban J connectivity index is 1.43. The first-order valence-electron chi connectivity index (χ1n) is 8.65. The lowest BCUT2D eigenvalue weighted by Gasteiger charge is -2.34. The Labute approximate surface area is 158 Å². The van der Waals surface area contributed by atoms with Crippen LogP contribution in [0.15, 0.2) is 57.0 Å². The molecule has 0 bridgehead atoms. The van der Waals surface area contributed by atoms with Gasteiger partial charge in [-0.3, -0.25) is 4.99 Å². The lowest BCUT2D eigenvalue weighted by Crippen LogP contribution is -2.46. The Bertz CT molecular complexity index is 664. The first kappa shape index (κ1) is 18.2. The van der Waals surface area contributed by atoms with Crippen molar-refractivity contribution in [3.63, 3.8) is 0 Å². The van der Waals surface area contributed by atoms with E-state index in [1.54, 1.807) is 6.26 Å². The van der Waals surface area contributed by atoms with Crippen LogP contribution in [0.1, 0.15) is 18.6 Å². The van der Waals surface area contributed by atoms with Crippen molar-refractivity contribution >= 4 is 29.3 Å². The highest BCUT2D eigenvalue weighted by molar-refractivity contribution is 8.00. The molecule has 1 saturated heterocycles. The highest BCUT2D eigenvalue weighted by Gasteiger charge is 2.22. The van der Waals surface area contributed by atoms with Crippen LogP contribution in [0.4, 0.5) is 0 Å². The molecule has 0 spiro atoms. The largest absolute Gasteiger partial charge is 0.469 e. The van der Waals surface area contributed by atoms with E-state index in [1.807, 2.05) is 43.1 Å². The number of piperidine rings is 1. The lowest BCUT2D eigenvalue weighted by atomic mass is 10.1. The molecule has 0 aliphatic carbocycles. The Morgan fingerprint density at radius 1 is 1.28 bits per heavy atom. The van der Waals surface area contributed by atoms with Crippen LogP contribution in [-0.2, 0) is 6.42 Å². The molecular formula is C19H24ClN3OS. The van der Waals surface area contributed by atoms with Gasteiger partial charge in [0.25, 0.3) is 0 Å². The van der Waals surface area contributed by atoms with Crippen LogP contribution in [0.5, 0.6) is 0 Å². The van der Waals surface area contributed by atoms with Crippen LogP contribution in [0.25, 0.3) is 0 Å². The quantitative estimate of drug-likeness (QED) is 0.622. The van der Waals surface area contributed by atoms with Crippen molar-refractivity contribution in [3.05, 3.63) is 53.4 Å². The molecule has 1 aromatic heterocycles. The number of benzene rings is 1. The van der Waals surface area contributed by atoms with Crippen molar-refractivity contribution in [2.45, 2.75) is 29.4 Å². The van der Waals surface area contributed by atoms with Crippen LogP contribution in [-0.4, -0.2) is 42.8 Å². The number of likely N-dealkylation sites (tertiary alicyclic amines) is 1. The maximum absolute atomic E-state index is 5.96. The van der Waals surface area contributed by atoms with Gasteiger partial charge < -0.3 is 14.6 Å². The Morgan fingerprint density at radius 3 is 2.68 bits per heavy atom. The van der Waals surface area contributed by atoms with Gasteiger partial charge >= 0.3 is 0 Å². The van der Waals surface area contributed by atoms with Crippen LogP contribution in [0, 0.1) is 0 Å². The molecule has 2 heterocycles. The van der Waals surface area contributed by atoms with Gasteiger partial charge in [0.1, 0.15) is 5.76 Å². The fourth-order valence-corrected chi connectivity index (χ4v) is 4.23. The van der Waals surface area contributed by atoms with Gasteiger partial charge in [0.15, 0.2) is 5.96 Å². The molecule has 1 aliphatic heterocycles. The summed E-state index contributed by atoms with van der Waals surface area (Å²) in [7, 11) is 1.85. The van der Waals surface area contributed by atoms with E-state index in [1.165, 1.54) is 4.90 Å². The number of nitrogens with zero attached hydrogens (tertiary/aromatic N) is 2. The summed E-state index contributed by atoms with van der Waals surface area (Å²) < 4.78 is 5.37. The molecule has 0 saturated carbocycles. The molecule has 1 N–H and O–H groups in total. The molecule has 0 radical (unpaired) electrons. The molecule has 0 amide bonds. The Morgan fingerprint density at radius 2 is 2.04 bits per heavy atom. The Hall–Kier alpha value is -1.59. The minimum atomic E-state index is 0.652. The summed E-state index contributed by atoms with van der Waals surface area (Å²) in [5.74, 6) is 1.99. The van der Waals surface area contributed by atoms with Gasteiger partial charge in [0, 0.05) is 48.3 Å². The van der Waals surface area contributed by atoms with Crippen LogP contribution in [0.3, 0.4) is 0 Å². The van der Waals surface area contributed by atoms with Gasteiger partial charge in [-0.25, -0.2) is 0 Å². The van der Waals surface area contributed by atoms with Crippen molar-refractivity contribution in [2.75, 3.05) is 26.7 Å². The maximum Gasteiger partial charge on any atom is 0.193 e. The van der Waals surface area contributed by atoms with Crippen LogP contribution < -0.4 is 5.32 Å². The zero-order chi connectivity index (χ0) is 17.5. The van der Waals surface area contributed by atoms with Crippen LogP contribution in [0.2, 0.25) is 5.02 Å². The van der Waals surface area contributed by atoms with Crippen molar-refractivity contribution in [2.24, 2.45) is 4.99 Å². The SMILES string of the molecule is CN=C(NCCc1ccco1)N1CCC(Sc2ccc(Cl)cc2)CC1. The summed E-state index contributed by atoms with van der Waals surface area (Å²) >= 11 is 7.91. The molecule has 0 unspecified atom stereocenters. The summed E-state index contributed by atoms with van der Waals surface area (Å²) in [6.07, 6.45) is 4.90. The van der Waals surface area contributed by atoms with E-state index in [2.05, 4.69) is 27.3 Å². The monoisotopic (exact) mass is 377 g/mol. The van der Waals surface area contributed by atoms with E-state index >= 15 is 0 Å². The predicted molar refractivity (Wildman–Crippen MR) is 106 cm³/mol. The van der Waals surface area contributed by atoms with E-state index < -0.39 is 0 Å². The number of thioether (sulfide) groups is 1. The number of nitrogens with one attached hydrogen (secondary N) is 1. The maximum atomic E-state index is 5.96. The summed E-state index contributed by atoms with van der Waals surface area (Å²) in [5.41, 5.74) is 0. The second-order valence-corrected chi connectivity index (χ2v) is 7.87. The molecule has 1 aliphatic rings. The lowest BCUT2D eigenvalue weighted by molar-refractivity contribution is 0.337. The van der Waals surface area contributed by atoms with E-state index in [-0.39, 0.29) is 0 Å². The molecular weight excluding hydrogens is 354 g/mol. The van der Waals surface area contributed by atoms with Gasteiger partial charge in [-0.15, -0.1) is 11.8 Å². The average Bonchev–Trinajstić information content (AvgIpc) is 3.15. The number of furan rings is 1. The second-order valence-electron chi connectivity index (χ2n) is 6.06. The second kappa shape index (κ2) is 9.20. The van der Waals surface area contributed by atoms with E-state index in [9.17, 15) is 0 Å². The van der Waals surface area contributed by atoms with Crippen molar-refractivity contribution < 1.29 is 4.42 Å². The molecule has 2 aromatic rings. The van der Waals surface area contributed by atoms with E-state index in [0.717, 1.165) is 55.6 Å². The Kier molecular flexibility index (Phi) is 6.70. The standard InChI is InChI=1S/C19H24ClN3OS/c1-21-19(22-11-8-16-3-2-14-24-16)23-12-9-18(10-13-23)25-17-6-4-15(20)5-7-17/h2-7,14,18H,8-13H2,1H3,(H,21,22). The van der Waals surface area contributed by atoms with Crippen molar-refractivity contribution in [3.8, 4) is 0 Å². The highest BCUT2D eigenvalue weighted by atomic mass is 35.5. The molecule has 4 nitrogen and oxygen atoms in total. The third kappa shape index (κ3) is 5.44. The summed E-state index contributed by atoms with van der Waals surface area (Å²) in [6.45, 7) is 2.90. The number of guanidine groups is 1. The van der Waals surface area contributed by atoms with Gasteiger partial charge in [-0.05, 0) is 49.2 Å². The first-order valence-corrected chi connectivity index (χ1v) is 9.90. The predicted octanol–water partition coefficient (Wildman–Crippen LogP) is 4.31. The first-order chi connectivity index (χ1) is 12.2. The van der Waals surface area contributed by atoms with Gasteiger partial charge in [-0.2, -0.15) is 0 Å². The normalized spacial score (nSPS) is 16.2. The molecule has 6 heteroatoms. The summed E-state index contributed by atoms with van der Waals surface area (Å²) in [6, 6.07) is 12.1. The molecule has 3 rings (SSSR count). The number of aliphatic imine (C=N–C) groups is 1. The van der Waals surface area contributed by atoms with Crippen LogP contribution >= 0.6 is 23.4 Å². The van der Waals surface area contributed by atoms with Crippen molar-refractivity contribution in [1.82, 2.24) is 10.2 Å². The highest BCUT2D eigenvalue weighted by Crippen LogP contribution is 2.31. The molecule has 25 heavy (non-hydrogen) atoms. The minimum absolute atomic E-state index is 0.652. The summed E-state index contributed by atoms with van der Waals surface area (Å²) in [4.78, 5) is 8.07. The zero-order valence-corrected chi connectivity index (χ0v) is 16.0. The van der Waals surface area contributed by atoms with E-state index in [4.69, 9.17) is 16.0 Å². The fourth-order valence-electron chi connectivity index (χ4n) is 2.98. The van der Waals surface area contributed by atoms with E-state index in [0.29, 0.717) is 5.25 Å². The minimum Gasteiger partial charge on any atom is -0.469 e. The zero-order valence-electron chi connectivity index (χ0n) is 14.5. The topological polar surface area (TPSA) is 40.8 Å². The number of hydrogen-bond donors (Lipinski definition) is 1. The fraction of sp³-hybridized carbons (Fsp3) is 0.421. The summed E-state index contributed by atoms with van der Waals surface area (Å²) in [5, 5.41) is 4.89. The van der Waals surface area contributed by atoms with Crippen molar-refractivity contribution in [1.29, 1.82) is 0 Å². The molecule has 1 fully saturated rings. The van der Waals surface area contributed by atoms with Gasteiger partial charge in [0.05, 0.1) is 6.26 Å². The van der Waals surface area contributed by atoms with Gasteiger partial charge in [-0.1, -0.05) is 11.6 Å². The molecule has 1 aromatic carbocycles. The molecule has 0 atom stereocenters.